The second-order valence-corrected chi connectivity index (χ2v) is 3.72. The fourth-order valence-corrected chi connectivity index (χ4v) is 1.67. The van der Waals surface area contributed by atoms with Crippen LogP contribution in [0.1, 0.15) is 33.6 Å². The Hall–Kier alpha value is -0.340. The molecule has 0 fully saturated rings. The molecule has 0 saturated heterocycles. The number of likely N-dealkylation sites (N-methyl/N-ethyl adjacent to an activating group) is 1. The molecule has 0 amide bonds. The van der Waals surface area contributed by atoms with Crippen molar-refractivity contribution in [2.75, 3.05) is 26.2 Å². The average molecular weight is 198 g/mol. The van der Waals surface area contributed by atoms with Crippen molar-refractivity contribution in [1.82, 2.24) is 10.2 Å². The Bertz CT molecular complexity index is 134. The molecule has 0 aromatic heterocycles. The Balaban J connectivity index is 3.57. The zero-order valence-corrected chi connectivity index (χ0v) is 10.1. The van der Waals surface area contributed by atoms with Gasteiger partial charge in [0.1, 0.15) is 0 Å². The maximum Gasteiger partial charge on any atom is 0.0163 e. The highest BCUT2D eigenvalue weighted by atomic mass is 15.1. The van der Waals surface area contributed by atoms with Crippen molar-refractivity contribution in [1.29, 1.82) is 0 Å². The van der Waals surface area contributed by atoms with E-state index in [9.17, 15) is 0 Å². The minimum Gasteiger partial charge on any atom is -0.317 e. The van der Waals surface area contributed by atoms with Crippen molar-refractivity contribution in [2.45, 2.75) is 39.7 Å². The van der Waals surface area contributed by atoms with Gasteiger partial charge in [-0.1, -0.05) is 19.9 Å². The van der Waals surface area contributed by atoms with Crippen LogP contribution >= 0.6 is 0 Å². The Morgan fingerprint density at radius 3 is 2.64 bits per heavy atom. The quantitative estimate of drug-likeness (QED) is 0.452. The van der Waals surface area contributed by atoms with Gasteiger partial charge in [0.15, 0.2) is 0 Å². The van der Waals surface area contributed by atoms with Gasteiger partial charge in [-0.2, -0.15) is 0 Å². The number of nitrogens with zero attached hydrogens (tertiary/aromatic N) is 1. The van der Waals surface area contributed by atoms with E-state index in [-0.39, 0.29) is 0 Å². The van der Waals surface area contributed by atoms with Gasteiger partial charge in [0.05, 0.1) is 0 Å². The first-order valence-corrected chi connectivity index (χ1v) is 5.81. The highest BCUT2D eigenvalue weighted by molar-refractivity contribution is 4.76. The predicted octanol–water partition coefficient (Wildman–Crippen LogP) is 2.27. The van der Waals surface area contributed by atoms with Crippen LogP contribution in [-0.4, -0.2) is 37.1 Å². The standard InChI is InChI=1S/C12H26N2/c1-5-11-14(7-3)12(4)9-8-10-13-6-2/h5,12-13H,1,6-11H2,2-4H3. The second kappa shape index (κ2) is 9.22. The van der Waals surface area contributed by atoms with Crippen LogP contribution in [0.15, 0.2) is 12.7 Å². The SMILES string of the molecule is C=CCN(CC)C(C)CCCNCC. The van der Waals surface area contributed by atoms with E-state index >= 15 is 0 Å². The molecule has 0 bridgehead atoms. The lowest BCUT2D eigenvalue weighted by Crippen LogP contribution is -2.33. The predicted molar refractivity (Wildman–Crippen MR) is 64.7 cm³/mol. The van der Waals surface area contributed by atoms with Crippen molar-refractivity contribution in [3.8, 4) is 0 Å². The molecule has 0 aliphatic heterocycles. The third-order valence-electron chi connectivity index (χ3n) is 2.62. The second-order valence-electron chi connectivity index (χ2n) is 3.72. The summed E-state index contributed by atoms with van der Waals surface area (Å²) in [5.41, 5.74) is 0. The van der Waals surface area contributed by atoms with Crippen LogP contribution in [0.4, 0.5) is 0 Å². The van der Waals surface area contributed by atoms with Gasteiger partial charge in [-0.3, -0.25) is 4.90 Å². The molecule has 0 heterocycles. The monoisotopic (exact) mass is 198 g/mol. The fraction of sp³-hybridized carbons (Fsp3) is 0.833. The van der Waals surface area contributed by atoms with Crippen LogP contribution in [0.25, 0.3) is 0 Å². The Kier molecular flexibility index (Phi) is 9.00. The van der Waals surface area contributed by atoms with E-state index in [0.29, 0.717) is 6.04 Å². The van der Waals surface area contributed by atoms with Crippen LogP contribution < -0.4 is 5.32 Å². The van der Waals surface area contributed by atoms with Crippen molar-refractivity contribution < 1.29 is 0 Å². The van der Waals surface area contributed by atoms with Gasteiger partial charge >= 0.3 is 0 Å². The van der Waals surface area contributed by atoms with Crippen LogP contribution in [-0.2, 0) is 0 Å². The van der Waals surface area contributed by atoms with E-state index in [4.69, 9.17) is 0 Å². The summed E-state index contributed by atoms with van der Waals surface area (Å²) in [6, 6.07) is 0.677. The maximum absolute atomic E-state index is 3.79. The minimum absolute atomic E-state index is 0.677. The maximum atomic E-state index is 3.79. The van der Waals surface area contributed by atoms with Crippen molar-refractivity contribution in [2.24, 2.45) is 0 Å². The number of rotatable bonds is 9. The molecule has 14 heavy (non-hydrogen) atoms. The molecule has 2 nitrogen and oxygen atoms in total. The van der Waals surface area contributed by atoms with Gasteiger partial charge < -0.3 is 5.32 Å². The Labute approximate surface area is 89.4 Å². The molecular weight excluding hydrogens is 172 g/mol. The number of hydrogen-bond donors (Lipinski definition) is 1. The Morgan fingerprint density at radius 2 is 2.14 bits per heavy atom. The molecule has 0 saturated carbocycles. The van der Waals surface area contributed by atoms with Gasteiger partial charge in [0.2, 0.25) is 0 Å². The summed E-state index contributed by atoms with van der Waals surface area (Å²) in [6.45, 7) is 14.8. The molecule has 2 heteroatoms. The smallest absolute Gasteiger partial charge is 0.0163 e. The highest BCUT2D eigenvalue weighted by Crippen LogP contribution is 2.05. The molecule has 0 aliphatic carbocycles. The lowest BCUT2D eigenvalue weighted by molar-refractivity contribution is 0.229. The first kappa shape index (κ1) is 13.7. The van der Waals surface area contributed by atoms with Crippen molar-refractivity contribution in [3.05, 3.63) is 12.7 Å². The summed E-state index contributed by atoms with van der Waals surface area (Å²) >= 11 is 0. The Morgan fingerprint density at radius 1 is 1.43 bits per heavy atom. The summed E-state index contributed by atoms with van der Waals surface area (Å²) < 4.78 is 0. The molecule has 0 rings (SSSR count). The minimum atomic E-state index is 0.677. The van der Waals surface area contributed by atoms with Gasteiger partial charge in [-0.05, 0) is 39.4 Å². The summed E-state index contributed by atoms with van der Waals surface area (Å²) in [5.74, 6) is 0. The summed E-state index contributed by atoms with van der Waals surface area (Å²) in [5, 5.41) is 3.35. The molecule has 0 aromatic carbocycles. The van der Waals surface area contributed by atoms with E-state index in [1.807, 2.05) is 6.08 Å². The third kappa shape index (κ3) is 6.17. The van der Waals surface area contributed by atoms with E-state index in [1.165, 1.54) is 12.8 Å². The van der Waals surface area contributed by atoms with Gasteiger partial charge in [-0.15, -0.1) is 6.58 Å². The van der Waals surface area contributed by atoms with Crippen molar-refractivity contribution >= 4 is 0 Å². The van der Waals surface area contributed by atoms with Gasteiger partial charge in [-0.25, -0.2) is 0 Å². The van der Waals surface area contributed by atoms with Crippen LogP contribution in [0, 0.1) is 0 Å². The lowest BCUT2D eigenvalue weighted by atomic mass is 10.1. The van der Waals surface area contributed by atoms with E-state index < -0.39 is 0 Å². The molecular formula is C12H26N2. The van der Waals surface area contributed by atoms with E-state index in [0.717, 1.165) is 26.2 Å². The molecule has 1 N–H and O–H groups in total. The zero-order chi connectivity index (χ0) is 10.8. The van der Waals surface area contributed by atoms with Gasteiger partial charge in [0, 0.05) is 12.6 Å². The topological polar surface area (TPSA) is 15.3 Å². The largest absolute Gasteiger partial charge is 0.317 e. The molecule has 0 aromatic rings. The molecule has 0 spiro atoms. The first-order chi connectivity index (χ1) is 6.76. The normalized spacial score (nSPS) is 13.1. The van der Waals surface area contributed by atoms with Crippen LogP contribution in [0.3, 0.4) is 0 Å². The average Bonchev–Trinajstić information content (AvgIpc) is 2.20. The molecule has 1 unspecified atom stereocenters. The molecule has 0 aliphatic rings. The third-order valence-corrected chi connectivity index (χ3v) is 2.62. The first-order valence-electron chi connectivity index (χ1n) is 5.81. The number of nitrogens with one attached hydrogen (secondary N) is 1. The zero-order valence-electron chi connectivity index (χ0n) is 10.1. The highest BCUT2D eigenvalue weighted by Gasteiger charge is 2.09. The summed E-state index contributed by atoms with van der Waals surface area (Å²) in [4.78, 5) is 2.46. The fourth-order valence-electron chi connectivity index (χ4n) is 1.67. The van der Waals surface area contributed by atoms with Gasteiger partial charge in [0.25, 0.3) is 0 Å². The van der Waals surface area contributed by atoms with E-state index in [1.54, 1.807) is 0 Å². The summed E-state index contributed by atoms with van der Waals surface area (Å²) in [6.07, 6.45) is 4.53. The molecule has 84 valence electrons. The van der Waals surface area contributed by atoms with Crippen molar-refractivity contribution in [3.63, 3.8) is 0 Å². The van der Waals surface area contributed by atoms with E-state index in [2.05, 4.69) is 37.6 Å². The molecule has 1 atom stereocenters. The molecule has 0 radical (unpaired) electrons. The van der Waals surface area contributed by atoms with Crippen LogP contribution in [0.2, 0.25) is 0 Å². The number of hydrogen-bond acceptors (Lipinski definition) is 2. The lowest BCUT2D eigenvalue weighted by Gasteiger charge is -2.26. The summed E-state index contributed by atoms with van der Waals surface area (Å²) in [7, 11) is 0. The van der Waals surface area contributed by atoms with Crippen LogP contribution in [0.5, 0.6) is 0 Å².